The van der Waals surface area contributed by atoms with Gasteiger partial charge in [-0.2, -0.15) is 0 Å². The number of aliphatic carboxylic acids is 1. The van der Waals surface area contributed by atoms with Crippen LogP contribution in [0.25, 0.3) is 5.69 Å². The number of halogens is 2. The maximum absolute atomic E-state index is 10.6. The average molecular weight is 349 g/mol. The Hall–Kier alpha value is -1.05. The highest BCUT2D eigenvalue weighted by molar-refractivity contribution is 9.10. The number of aromatic nitrogens is 3. The number of benzene rings is 1. The molecule has 2 rings (SSSR count). The maximum Gasteiger partial charge on any atom is 0.313 e. The molecule has 5 nitrogen and oxygen atoms in total. The number of hydrogen-bond acceptors (Lipinski definition) is 4. The van der Waals surface area contributed by atoms with Gasteiger partial charge in [0.1, 0.15) is 6.33 Å². The first-order chi connectivity index (χ1) is 8.58. The molecule has 1 aromatic heterocycles. The second-order valence-electron chi connectivity index (χ2n) is 3.26. The van der Waals surface area contributed by atoms with Crippen molar-refractivity contribution >= 4 is 45.3 Å². The van der Waals surface area contributed by atoms with Crippen molar-refractivity contribution in [3.8, 4) is 5.69 Å². The first kappa shape index (κ1) is 13.4. The van der Waals surface area contributed by atoms with Gasteiger partial charge in [-0.1, -0.05) is 23.4 Å². The van der Waals surface area contributed by atoms with Crippen molar-refractivity contribution in [3.05, 3.63) is 34.0 Å². The number of nitrogens with zero attached hydrogens (tertiary/aromatic N) is 3. The standard InChI is InChI=1S/C10H7BrClN3O2S/c11-7-2-1-6(12)3-8(7)15-5-13-14-10(15)18-4-9(16)17/h1-3,5H,4H2,(H,16,17). The Morgan fingerprint density at radius 2 is 2.33 bits per heavy atom. The Morgan fingerprint density at radius 1 is 1.56 bits per heavy atom. The first-order valence-corrected chi connectivity index (χ1v) is 6.93. The highest BCUT2D eigenvalue weighted by Gasteiger charge is 2.11. The molecule has 0 radical (unpaired) electrons. The smallest absolute Gasteiger partial charge is 0.313 e. The molecule has 8 heteroatoms. The van der Waals surface area contributed by atoms with Crippen LogP contribution in [0.1, 0.15) is 0 Å². The van der Waals surface area contributed by atoms with Crippen molar-refractivity contribution in [2.24, 2.45) is 0 Å². The SMILES string of the molecule is O=C(O)CSc1nncn1-c1cc(Cl)ccc1Br. The van der Waals surface area contributed by atoms with Crippen molar-refractivity contribution in [2.45, 2.75) is 5.16 Å². The molecule has 94 valence electrons. The van der Waals surface area contributed by atoms with Crippen molar-refractivity contribution < 1.29 is 9.90 Å². The van der Waals surface area contributed by atoms with E-state index in [1.54, 1.807) is 16.7 Å². The third-order valence-electron chi connectivity index (χ3n) is 2.01. The third kappa shape index (κ3) is 3.04. The van der Waals surface area contributed by atoms with Crippen molar-refractivity contribution in [1.82, 2.24) is 14.8 Å². The van der Waals surface area contributed by atoms with E-state index in [1.165, 1.54) is 6.33 Å². The fraction of sp³-hybridized carbons (Fsp3) is 0.100. The van der Waals surface area contributed by atoms with E-state index in [9.17, 15) is 4.79 Å². The molecule has 0 fully saturated rings. The topological polar surface area (TPSA) is 68.0 Å². The maximum atomic E-state index is 10.6. The van der Waals surface area contributed by atoms with Gasteiger partial charge in [0, 0.05) is 9.50 Å². The number of carboxylic acids is 1. The summed E-state index contributed by atoms with van der Waals surface area (Å²) >= 11 is 10.4. The van der Waals surface area contributed by atoms with E-state index in [0.717, 1.165) is 21.9 Å². The molecule has 1 N–H and O–H groups in total. The number of thioether (sulfide) groups is 1. The van der Waals surface area contributed by atoms with E-state index >= 15 is 0 Å². The van der Waals surface area contributed by atoms with Gasteiger partial charge in [0.15, 0.2) is 5.16 Å². The molecule has 0 bridgehead atoms. The molecule has 2 aromatic rings. The number of hydrogen-bond donors (Lipinski definition) is 1. The molecule has 18 heavy (non-hydrogen) atoms. The van der Waals surface area contributed by atoms with Crippen LogP contribution < -0.4 is 0 Å². The Kier molecular flexibility index (Phi) is 4.26. The van der Waals surface area contributed by atoms with Crippen LogP contribution in [-0.2, 0) is 4.79 Å². The predicted molar refractivity (Wildman–Crippen MR) is 72.4 cm³/mol. The zero-order valence-corrected chi connectivity index (χ0v) is 12.0. The summed E-state index contributed by atoms with van der Waals surface area (Å²) in [6, 6.07) is 5.31. The Morgan fingerprint density at radius 3 is 3.06 bits per heavy atom. The number of carboxylic acid groups (broad SMARTS) is 1. The van der Waals surface area contributed by atoms with E-state index in [0.29, 0.717) is 10.2 Å². The van der Waals surface area contributed by atoms with Crippen molar-refractivity contribution in [1.29, 1.82) is 0 Å². The average Bonchev–Trinajstić information content (AvgIpc) is 2.77. The Labute approximate surface area is 120 Å². The highest BCUT2D eigenvalue weighted by atomic mass is 79.9. The minimum atomic E-state index is -0.903. The predicted octanol–water partition coefficient (Wildman–Crippen LogP) is 2.86. The van der Waals surface area contributed by atoms with Crippen LogP contribution >= 0.6 is 39.3 Å². The molecule has 0 unspecified atom stereocenters. The summed E-state index contributed by atoms with van der Waals surface area (Å²) in [4.78, 5) is 10.6. The van der Waals surface area contributed by atoms with Crippen LogP contribution in [-0.4, -0.2) is 31.6 Å². The van der Waals surface area contributed by atoms with Gasteiger partial charge in [-0.25, -0.2) is 0 Å². The lowest BCUT2D eigenvalue weighted by Gasteiger charge is -2.08. The van der Waals surface area contributed by atoms with E-state index in [1.807, 2.05) is 6.07 Å². The third-order valence-corrected chi connectivity index (χ3v) is 3.84. The van der Waals surface area contributed by atoms with Gasteiger partial charge in [-0.3, -0.25) is 9.36 Å². The fourth-order valence-electron chi connectivity index (χ4n) is 1.28. The van der Waals surface area contributed by atoms with E-state index < -0.39 is 5.97 Å². The van der Waals surface area contributed by atoms with Crippen LogP contribution in [0.4, 0.5) is 0 Å². The van der Waals surface area contributed by atoms with Crippen LogP contribution in [0.3, 0.4) is 0 Å². The van der Waals surface area contributed by atoms with Gasteiger partial charge in [0.2, 0.25) is 0 Å². The molecular formula is C10H7BrClN3O2S. The number of rotatable bonds is 4. The van der Waals surface area contributed by atoms with Gasteiger partial charge >= 0.3 is 5.97 Å². The quantitative estimate of drug-likeness (QED) is 0.861. The Balaban J connectivity index is 2.36. The fourth-order valence-corrected chi connectivity index (χ4v) is 2.53. The Bertz CT molecular complexity index is 590. The van der Waals surface area contributed by atoms with Crippen molar-refractivity contribution in [2.75, 3.05) is 5.75 Å². The van der Waals surface area contributed by atoms with Gasteiger partial charge in [-0.15, -0.1) is 10.2 Å². The molecule has 0 saturated carbocycles. The van der Waals surface area contributed by atoms with Crippen LogP contribution in [0.5, 0.6) is 0 Å². The molecule has 1 heterocycles. The second kappa shape index (κ2) is 5.73. The first-order valence-electron chi connectivity index (χ1n) is 4.78. The zero-order chi connectivity index (χ0) is 13.1. The van der Waals surface area contributed by atoms with Gasteiger partial charge < -0.3 is 5.11 Å². The zero-order valence-electron chi connectivity index (χ0n) is 8.88. The molecule has 0 amide bonds. The van der Waals surface area contributed by atoms with Gasteiger partial charge in [-0.05, 0) is 34.1 Å². The summed E-state index contributed by atoms with van der Waals surface area (Å²) < 4.78 is 2.51. The molecule has 0 atom stereocenters. The lowest BCUT2D eigenvalue weighted by molar-refractivity contribution is -0.133. The largest absolute Gasteiger partial charge is 0.481 e. The normalized spacial score (nSPS) is 10.6. The van der Waals surface area contributed by atoms with E-state index in [-0.39, 0.29) is 5.75 Å². The lowest BCUT2D eigenvalue weighted by atomic mass is 10.3. The summed E-state index contributed by atoms with van der Waals surface area (Å²) in [7, 11) is 0. The highest BCUT2D eigenvalue weighted by Crippen LogP contribution is 2.28. The molecule has 0 spiro atoms. The van der Waals surface area contributed by atoms with Crippen LogP contribution in [0, 0.1) is 0 Å². The number of carbonyl (C=O) groups is 1. The molecule has 0 aliphatic rings. The van der Waals surface area contributed by atoms with Gasteiger partial charge in [0.25, 0.3) is 0 Å². The minimum absolute atomic E-state index is 0.0725. The molecular weight excluding hydrogens is 342 g/mol. The summed E-state index contributed by atoms with van der Waals surface area (Å²) in [5.74, 6) is -0.976. The van der Waals surface area contributed by atoms with E-state index in [4.69, 9.17) is 16.7 Å². The molecule has 1 aromatic carbocycles. The van der Waals surface area contributed by atoms with Gasteiger partial charge in [0.05, 0.1) is 11.4 Å². The van der Waals surface area contributed by atoms with Crippen LogP contribution in [0.2, 0.25) is 5.02 Å². The summed E-state index contributed by atoms with van der Waals surface area (Å²) in [6.07, 6.45) is 1.51. The van der Waals surface area contributed by atoms with Crippen LogP contribution in [0.15, 0.2) is 34.2 Å². The summed E-state index contributed by atoms with van der Waals surface area (Å²) in [5.41, 5.74) is 0.764. The van der Waals surface area contributed by atoms with E-state index in [2.05, 4.69) is 26.1 Å². The summed E-state index contributed by atoms with van der Waals surface area (Å²) in [5, 5.41) is 17.4. The molecule has 0 aliphatic carbocycles. The van der Waals surface area contributed by atoms with Crippen molar-refractivity contribution in [3.63, 3.8) is 0 Å². The second-order valence-corrected chi connectivity index (χ2v) is 5.49. The minimum Gasteiger partial charge on any atom is -0.481 e. The lowest BCUT2D eigenvalue weighted by Crippen LogP contribution is -2.01. The monoisotopic (exact) mass is 347 g/mol. The summed E-state index contributed by atoms with van der Waals surface area (Å²) in [6.45, 7) is 0. The molecule has 0 saturated heterocycles. The molecule has 0 aliphatic heterocycles.